The van der Waals surface area contributed by atoms with E-state index in [2.05, 4.69) is 5.10 Å². The topological polar surface area (TPSA) is 90.4 Å². The summed E-state index contributed by atoms with van der Waals surface area (Å²) >= 11 is 0. The Balaban J connectivity index is 2.67. The van der Waals surface area contributed by atoms with Gasteiger partial charge in [-0.3, -0.25) is 9.48 Å². The van der Waals surface area contributed by atoms with Crippen molar-refractivity contribution >= 4 is 17.6 Å². The average molecular weight is 254 g/mol. The van der Waals surface area contributed by atoms with E-state index in [1.54, 1.807) is 21.0 Å². The normalized spacial score (nSPS) is 10.2. The lowest BCUT2D eigenvalue weighted by Gasteiger charge is -2.09. The molecule has 0 aliphatic heterocycles. The van der Waals surface area contributed by atoms with Gasteiger partial charge in [0, 0.05) is 33.3 Å². The number of carbonyl (C=O) groups is 2. The molecule has 0 aliphatic carbocycles. The van der Waals surface area contributed by atoms with E-state index >= 15 is 0 Å². The first-order valence-electron chi connectivity index (χ1n) is 5.66. The van der Waals surface area contributed by atoms with E-state index in [1.807, 2.05) is 0 Å². The van der Waals surface area contributed by atoms with Gasteiger partial charge in [-0.05, 0) is 6.92 Å². The number of aryl methyl sites for hydroxylation is 1. The van der Waals surface area contributed by atoms with Crippen molar-refractivity contribution in [1.82, 2.24) is 14.7 Å². The molecular formula is C11H18N4O3. The third-order valence-electron chi connectivity index (χ3n) is 2.31. The molecule has 1 heterocycles. The second kappa shape index (κ2) is 6.04. The number of esters is 1. The first-order valence-corrected chi connectivity index (χ1v) is 5.66. The molecule has 0 saturated heterocycles. The molecule has 7 heteroatoms. The highest BCUT2D eigenvalue weighted by molar-refractivity contribution is 5.92. The summed E-state index contributed by atoms with van der Waals surface area (Å²) in [6.07, 6.45) is 1.82. The number of ether oxygens (including phenoxy) is 1. The number of hydrogen-bond donors (Lipinski definition) is 1. The van der Waals surface area contributed by atoms with Crippen molar-refractivity contribution < 1.29 is 14.3 Å². The Morgan fingerprint density at radius 2 is 2.17 bits per heavy atom. The number of anilines is 1. The summed E-state index contributed by atoms with van der Waals surface area (Å²) in [7, 11) is 3.37. The predicted molar refractivity (Wildman–Crippen MR) is 65.9 cm³/mol. The third-order valence-corrected chi connectivity index (χ3v) is 2.31. The molecule has 0 saturated carbocycles. The summed E-state index contributed by atoms with van der Waals surface area (Å²) in [6.45, 7) is 2.35. The Kier molecular flexibility index (Phi) is 4.70. The summed E-state index contributed by atoms with van der Waals surface area (Å²) in [4.78, 5) is 24.4. The van der Waals surface area contributed by atoms with Crippen LogP contribution in [0.5, 0.6) is 0 Å². The van der Waals surface area contributed by atoms with Gasteiger partial charge in [0.05, 0.1) is 12.3 Å². The third kappa shape index (κ3) is 3.47. The molecule has 7 nitrogen and oxygen atoms in total. The van der Waals surface area contributed by atoms with Gasteiger partial charge in [-0.2, -0.15) is 5.10 Å². The van der Waals surface area contributed by atoms with Gasteiger partial charge in [0.25, 0.3) is 0 Å². The Morgan fingerprint density at radius 1 is 1.50 bits per heavy atom. The van der Waals surface area contributed by atoms with Crippen molar-refractivity contribution in [3.8, 4) is 0 Å². The van der Waals surface area contributed by atoms with E-state index in [0.717, 1.165) is 0 Å². The van der Waals surface area contributed by atoms with Gasteiger partial charge in [-0.15, -0.1) is 0 Å². The van der Waals surface area contributed by atoms with Crippen LogP contribution in [0.25, 0.3) is 0 Å². The number of aromatic nitrogens is 2. The molecule has 2 N–H and O–H groups in total. The maximum absolute atomic E-state index is 11.5. The van der Waals surface area contributed by atoms with Gasteiger partial charge >= 0.3 is 5.97 Å². The lowest BCUT2D eigenvalue weighted by atomic mass is 10.4. The molecule has 0 unspecified atom stereocenters. The number of carbonyl (C=O) groups excluding carboxylic acids is 2. The van der Waals surface area contributed by atoms with Crippen molar-refractivity contribution in [3.05, 3.63) is 11.9 Å². The minimum atomic E-state index is -0.548. The molecule has 1 aromatic heterocycles. The zero-order valence-electron chi connectivity index (χ0n) is 10.8. The molecule has 0 aliphatic rings. The van der Waals surface area contributed by atoms with Crippen LogP contribution in [-0.4, -0.2) is 47.3 Å². The van der Waals surface area contributed by atoms with E-state index in [9.17, 15) is 9.59 Å². The molecule has 0 aromatic carbocycles. The molecule has 0 bridgehead atoms. The van der Waals surface area contributed by atoms with Crippen molar-refractivity contribution in [2.45, 2.75) is 19.9 Å². The first kappa shape index (κ1) is 14.0. The van der Waals surface area contributed by atoms with Gasteiger partial charge in [-0.25, -0.2) is 4.79 Å². The molecule has 1 amide bonds. The Bertz CT molecular complexity index is 439. The molecule has 0 fully saturated rings. The Hall–Kier alpha value is -2.05. The maximum atomic E-state index is 11.5. The number of amides is 1. The summed E-state index contributed by atoms with van der Waals surface area (Å²) < 4.78 is 6.29. The Morgan fingerprint density at radius 3 is 2.72 bits per heavy atom. The van der Waals surface area contributed by atoms with E-state index in [-0.39, 0.29) is 23.9 Å². The van der Waals surface area contributed by atoms with Gasteiger partial charge in [0.2, 0.25) is 5.91 Å². The Labute approximate surface area is 105 Å². The summed E-state index contributed by atoms with van der Waals surface area (Å²) in [5.41, 5.74) is 6.01. The van der Waals surface area contributed by atoms with E-state index in [4.69, 9.17) is 10.5 Å². The fourth-order valence-corrected chi connectivity index (χ4v) is 1.34. The molecule has 1 rings (SSSR count). The molecular weight excluding hydrogens is 236 g/mol. The van der Waals surface area contributed by atoms with Crippen molar-refractivity contribution in [3.63, 3.8) is 0 Å². The zero-order valence-corrected chi connectivity index (χ0v) is 10.8. The molecule has 0 radical (unpaired) electrons. The standard InChI is InChI=1S/C11H18N4O3/c1-4-18-11(17)10-8(12)7-15(13-10)6-5-9(16)14(2)3/h7H,4-6,12H2,1-3H3. The minimum absolute atomic E-state index is 0.0123. The van der Waals surface area contributed by atoms with E-state index < -0.39 is 5.97 Å². The monoisotopic (exact) mass is 254 g/mol. The number of nitrogens with zero attached hydrogens (tertiary/aromatic N) is 3. The van der Waals surface area contributed by atoms with E-state index in [0.29, 0.717) is 13.0 Å². The smallest absolute Gasteiger partial charge is 0.361 e. The fourth-order valence-electron chi connectivity index (χ4n) is 1.34. The highest BCUT2D eigenvalue weighted by Gasteiger charge is 2.16. The van der Waals surface area contributed by atoms with Crippen LogP contribution in [0.1, 0.15) is 23.8 Å². The van der Waals surface area contributed by atoms with Crippen molar-refractivity contribution in [2.24, 2.45) is 0 Å². The average Bonchev–Trinajstić information content (AvgIpc) is 2.67. The van der Waals surface area contributed by atoms with Crippen LogP contribution in [0.3, 0.4) is 0 Å². The molecule has 0 atom stereocenters. The van der Waals surface area contributed by atoms with Gasteiger partial charge in [0.1, 0.15) is 0 Å². The minimum Gasteiger partial charge on any atom is -0.461 e. The van der Waals surface area contributed by atoms with Crippen LogP contribution in [0.4, 0.5) is 5.69 Å². The molecule has 1 aromatic rings. The molecule has 100 valence electrons. The lowest BCUT2D eigenvalue weighted by Crippen LogP contribution is -2.23. The maximum Gasteiger partial charge on any atom is 0.361 e. The number of nitrogens with two attached hydrogens (primary N) is 1. The number of nitrogen functional groups attached to an aromatic ring is 1. The van der Waals surface area contributed by atoms with Crippen LogP contribution in [0.2, 0.25) is 0 Å². The zero-order chi connectivity index (χ0) is 13.7. The second-order valence-electron chi connectivity index (χ2n) is 3.95. The largest absolute Gasteiger partial charge is 0.461 e. The molecule has 0 spiro atoms. The lowest BCUT2D eigenvalue weighted by molar-refractivity contribution is -0.128. The van der Waals surface area contributed by atoms with Crippen LogP contribution in [-0.2, 0) is 16.1 Å². The van der Waals surface area contributed by atoms with Gasteiger partial charge in [-0.1, -0.05) is 0 Å². The first-order chi connectivity index (χ1) is 8.45. The second-order valence-corrected chi connectivity index (χ2v) is 3.95. The van der Waals surface area contributed by atoms with Crippen LogP contribution >= 0.6 is 0 Å². The quantitative estimate of drug-likeness (QED) is 0.754. The number of rotatable bonds is 5. The summed E-state index contributed by atoms with van der Waals surface area (Å²) in [5, 5.41) is 4.01. The van der Waals surface area contributed by atoms with Crippen LogP contribution in [0.15, 0.2) is 6.20 Å². The van der Waals surface area contributed by atoms with Crippen LogP contribution < -0.4 is 5.73 Å². The van der Waals surface area contributed by atoms with Crippen LogP contribution in [0, 0.1) is 0 Å². The van der Waals surface area contributed by atoms with E-state index in [1.165, 1.54) is 15.8 Å². The van der Waals surface area contributed by atoms with Crippen molar-refractivity contribution in [1.29, 1.82) is 0 Å². The van der Waals surface area contributed by atoms with Gasteiger partial charge in [0.15, 0.2) is 5.69 Å². The van der Waals surface area contributed by atoms with Gasteiger partial charge < -0.3 is 15.4 Å². The molecule has 18 heavy (non-hydrogen) atoms. The summed E-state index contributed by atoms with van der Waals surface area (Å²) in [5.74, 6) is -0.561. The van der Waals surface area contributed by atoms with Crippen molar-refractivity contribution in [2.75, 3.05) is 26.4 Å². The predicted octanol–water partition coefficient (Wildman–Crippen LogP) is 0.120. The fraction of sp³-hybridized carbons (Fsp3) is 0.545. The summed E-state index contributed by atoms with van der Waals surface area (Å²) in [6, 6.07) is 0. The SMILES string of the molecule is CCOC(=O)c1nn(CCC(=O)N(C)C)cc1N. The number of hydrogen-bond acceptors (Lipinski definition) is 5. The highest BCUT2D eigenvalue weighted by Crippen LogP contribution is 2.11. The highest BCUT2D eigenvalue weighted by atomic mass is 16.5.